The van der Waals surface area contributed by atoms with E-state index in [0.717, 1.165) is 17.6 Å². The fraction of sp³-hybridized carbons (Fsp3) is 1.00. The number of rotatable bonds is 4. The van der Waals surface area contributed by atoms with Crippen LogP contribution in [-0.2, 0) is 0 Å². The second-order valence-corrected chi connectivity index (χ2v) is 3.52. The van der Waals surface area contributed by atoms with Crippen molar-refractivity contribution in [2.24, 2.45) is 0 Å². The van der Waals surface area contributed by atoms with Gasteiger partial charge in [0.2, 0.25) is 0 Å². The third-order valence-electron chi connectivity index (χ3n) is 1.38. The molecule has 0 amide bonds. The van der Waals surface area contributed by atoms with Gasteiger partial charge in [-0.2, -0.15) is 0 Å². The zero-order valence-corrected chi connectivity index (χ0v) is 11.1. The first kappa shape index (κ1) is 14.8. The van der Waals surface area contributed by atoms with Gasteiger partial charge in [-0.05, 0) is 4.93 Å². The molecule has 0 aromatic heterocycles. The van der Waals surface area contributed by atoms with Crippen LogP contribution in [0.3, 0.4) is 0 Å². The van der Waals surface area contributed by atoms with E-state index in [-0.39, 0.29) is 0 Å². The number of quaternary nitrogens is 1. The Bertz CT molecular complexity index is 70.8. The number of hydrogen-bond acceptors (Lipinski definition) is 0. The second kappa shape index (κ2) is 9.36. The van der Waals surface area contributed by atoms with Crippen LogP contribution >= 0.6 is 45.8 Å². The minimum atomic E-state index is 0.712. The molecule has 0 radical (unpaired) electrons. The average molecular weight is 313 g/mol. The lowest BCUT2D eigenvalue weighted by atomic mass is 10.5. The van der Waals surface area contributed by atoms with Crippen LogP contribution < -0.4 is 0 Å². The topological polar surface area (TPSA) is 0 Å². The molecule has 0 heterocycles. The maximum absolute atomic E-state index is 5.56. The summed E-state index contributed by atoms with van der Waals surface area (Å²) < 4.78 is 0.924. The summed E-state index contributed by atoms with van der Waals surface area (Å²) in [5, 5.41) is 0. The molecule has 0 fully saturated rings. The lowest BCUT2D eigenvalue weighted by Crippen LogP contribution is -2.42. The van der Waals surface area contributed by atoms with Crippen molar-refractivity contribution >= 4 is 45.8 Å². The number of nitrogens with zero attached hydrogens (tertiary/aromatic N) is 1. The molecule has 0 rings (SSSR count). The highest BCUT2D eigenvalue weighted by molar-refractivity contribution is 14.1. The number of hydrogen-bond donors (Lipinski definition) is 0. The molecular weight excluding hydrogens is 296 g/mol. The van der Waals surface area contributed by atoms with Gasteiger partial charge in [0.05, 0.1) is 38.9 Å². The summed E-state index contributed by atoms with van der Waals surface area (Å²) in [6.07, 6.45) is 0. The highest BCUT2D eigenvalue weighted by Crippen LogP contribution is 1.97. The Kier molecular flexibility index (Phi) is 12.6. The zero-order chi connectivity index (χ0) is 9.33. The second-order valence-electron chi connectivity index (χ2n) is 2.76. The molecule has 0 unspecified atom stereocenters. The molecule has 0 atom stereocenters. The molecular formula is C7H17Cl2IN+. The van der Waals surface area contributed by atoms with Crippen molar-refractivity contribution in [1.29, 1.82) is 0 Å². The lowest BCUT2D eigenvalue weighted by molar-refractivity contribution is -0.885. The van der Waals surface area contributed by atoms with Crippen molar-refractivity contribution in [2.45, 2.75) is 0 Å². The average Bonchev–Trinajstić information content (AvgIpc) is 1.91. The zero-order valence-electron chi connectivity index (χ0n) is 7.41. The van der Waals surface area contributed by atoms with E-state index in [4.69, 9.17) is 23.2 Å². The van der Waals surface area contributed by atoms with E-state index < -0.39 is 0 Å². The summed E-state index contributed by atoms with van der Waals surface area (Å²) in [5.74, 6) is 1.42. The molecule has 0 aliphatic heterocycles. The van der Waals surface area contributed by atoms with Gasteiger partial charge < -0.3 is 4.48 Å². The third-order valence-corrected chi connectivity index (χ3v) is 1.72. The summed E-state index contributed by atoms with van der Waals surface area (Å²) in [6.45, 7) is 1.99. The predicted molar refractivity (Wildman–Crippen MR) is 63.2 cm³/mol. The van der Waals surface area contributed by atoms with Crippen molar-refractivity contribution in [3.63, 3.8) is 0 Å². The van der Waals surface area contributed by atoms with Crippen LogP contribution in [0, 0.1) is 0 Å². The van der Waals surface area contributed by atoms with Crippen LogP contribution in [0.2, 0.25) is 0 Å². The molecule has 0 N–H and O–H groups in total. The van der Waals surface area contributed by atoms with E-state index in [1.54, 1.807) is 0 Å². The van der Waals surface area contributed by atoms with E-state index in [0.29, 0.717) is 11.8 Å². The van der Waals surface area contributed by atoms with E-state index in [1.165, 1.54) is 0 Å². The van der Waals surface area contributed by atoms with Gasteiger partial charge in [-0.15, -0.1) is 23.2 Å². The van der Waals surface area contributed by atoms with Gasteiger partial charge in [0.25, 0.3) is 0 Å². The molecule has 70 valence electrons. The molecule has 0 saturated carbocycles. The van der Waals surface area contributed by atoms with Gasteiger partial charge in [-0.1, -0.05) is 22.6 Å². The highest BCUT2D eigenvalue weighted by atomic mass is 127. The molecule has 4 heteroatoms. The minimum absolute atomic E-state index is 0.712. The molecule has 0 aliphatic carbocycles. The van der Waals surface area contributed by atoms with Crippen molar-refractivity contribution in [3.05, 3.63) is 0 Å². The van der Waals surface area contributed by atoms with Gasteiger partial charge in [-0.25, -0.2) is 0 Å². The summed E-state index contributed by atoms with van der Waals surface area (Å²) >= 11 is 13.3. The first-order valence-electron chi connectivity index (χ1n) is 3.44. The van der Waals surface area contributed by atoms with E-state index in [1.807, 2.05) is 4.93 Å². The van der Waals surface area contributed by atoms with Crippen molar-refractivity contribution in [2.75, 3.05) is 43.9 Å². The van der Waals surface area contributed by atoms with Gasteiger partial charge in [0.15, 0.2) is 0 Å². The molecule has 11 heavy (non-hydrogen) atoms. The molecule has 0 spiro atoms. The quantitative estimate of drug-likeness (QED) is 0.425. The lowest BCUT2D eigenvalue weighted by Gasteiger charge is -2.27. The SMILES string of the molecule is CI.C[N+](C)(CCCl)CCCl. The Morgan fingerprint density at radius 1 is 1.00 bits per heavy atom. The van der Waals surface area contributed by atoms with Gasteiger partial charge in [0.1, 0.15) is 0 Å². The van der Waals surface area contributed by atoms with Crippen molar-refractivity contribution in [3.8, 4) is 0 Å². The van der Waals surface area contributed by atoms with E-state index in [9.17, 15) is 0 Å². The van der Waals surface area contributed by atoms with E-state index >= 15 is 0 Å². The molecule has 0 saturated heterocycles. The Labute approximate surface area is 93.8 Å². The fourth-order valence-corrected chi connectivity index (χ4v) is 1.48. The van der Waals surface area contributed by atoms with Gasteiger partial charge in [0, 0.05) is 0 Å². The van der Waals surface area contributed by atoms with Crippen LogP contribution in [0.15, 0.2) is 0 Å². The molecule has 0 aromatic carbocycles. The van der Waals surface area contributed by atoms with Gasteiger partial charge in [-0.3, -0.25) is 0 Å². The van der Waals surface area contributed by atoms with Crippen LogP contribution in [0.5, 0.6) is 0 Å². The number of halogens is 3. The maximum Gasteiger partial charge on any atom is 0.0920 e. The molecule has 0 aliphatic rings. The molecule has 1 nitrogen and oxygen atoms in total. The Morgan fingerprint density at radius 3 is 1.45 bits per heavy atom. The van der Waals surface area contributed by atoms with Crippen molar-refractivity contribution in [1.82, 2.24) is 0 Å². The fourth-order valence-electron chi connectivity index (χ4n) is 0.569. The van der Waals surface area contributed by atoms with Crippen molar-refractivity contribution < 1.29 is 4.48 Å². The van der Waals surface area contributed by atoms with Crippen LogP contribution in [-0.4, -0.2) is 48.4 Å². The minimum Gasteiger partial charge on any atom is -0.327 e. The summed E-state index contributed by atoms with van der Waals surface area (Å²) in [6, 6.07) is 0. The Hall–Kier alpha value is 1.27. The third kappa shape index (κ3) is 11.3. The van der Waals surface area contributed by atoms with E-state index in [2.05, 4.69) is 36.7 Å². The standard InChI is InChI=1S/C6H14Cl2N.CH3I/c1-9(2,5-3-7)6-4-8;1-2/h3-6H2,1-2H3;1H3/q+1;. The summed E-state index contributed by atoms with van der Waals surface area (Å²) in [4.78, 5) is 1.97. The van der Waals surface area contributed by atoms with Crippen LogP contribution in [0.4, 0.5) is 0 Å². The first-order chi connectivity index (χ1) is 5.12. The van der Waals surface area contributed by atoms with Gasteiger partial charge >= 0.3 is 0 Å². The molecule has 0 aromatic rings. The Balaban J connectivity index is 0. The largest absolute Gasteiger partial charge is 0.327 e. The number of alkyl halides is 3. The predicted octanol–water partition coefficient (Wildman–Crippen LogP) is 2.59. The normalized spacial score (nSPS) is 10.4. The Morgan fingerprint density at radius 2 is 1.27 bits per heavy atom. The monoisotopic (exact) mass is 312 g/mol. The maximum atomic E-state index is 5.56. The summed E-state index contributed by atoms with van der Waals surface area (Å²) in [5.41, 5.74) is 0. The van der Waals surface area contributed by atoms with Crippen LogP contribution in [0.25, 0.3) is 0 Å². The highest BCUT2D eigenvalue weighted by Gasteiger charge is 2.11. The van der Waals surface area contributed by atoms with Crippen LogP contribution in [0.1, 0.15) is 0 Å². The summed E-state index contributed by atoms with van der Waals surface area (Å²) in [7, 11) is 4.26. The smallest absolute Gasteiger partial charge is 0.0920 e. The molecule has 0 bridgehead atoms. The first-order valence-corrected chi connectivity index (χ1v) is 6.67.